The van der Waals surface area contributed by atoms with E-state index in [1.54, 1.807) is 35.6 Å². The van der Waals surface area contributed by atoms with Gasteiger partial charge in [0, 0.05) is 28.2 Å². The van der Waals surface area contributed by atoms with Gasteiger partial charge >= 0.3 is 0 Å². The topological polar surface area (TPSA) is 17.1 Å². The first-order valence-corrected chi connectivity index (χ1v) is 4.15. The second-order valence-electron chi connectivity index (χ2n) is 2.23. The second kappa shape index (κ2) is 3.30. The molecule has 0 radical (unpaired) electrons. The maximum Gasteiger partial charge on any atom is 0.222 e. The van der Waals surface area contributed by atoms with Gasteiger partial charge in [0.15, 0.2) is 0 Å². The van der Waals surface area contributed by atoms with E-state index < -0.39 is 0 Å². The predicted molar refractivity (Wildman–Crippen MR) is 49.5 cm³/mol. The molecule has 0 atom stereocenters. The van der Waals surface area contributed by atoms with E-state index in [4.69, 9.17) is 0 Å². The minimum Gasteiger partial charge on any atom is -0.282 e. The van der Waals surface area contributed by atoms with Crippen LogP contribution in [0.3, 0.4) is 0 Å². The van der Waals surface area contributed by atoms with Crippen molar-refractivity contribution in [3.05, 3.63) is 35.1 Å². The van der Waals surface area contributed by atoms with E-state index in [0.717, 1.165) is 5.56 Å². The lowest BCUT2D eigenvalue weighted by atomic mass is 10.1. The van der Waals surface area contributed by atoms with Crippen LogP contribution in [-0.4, -0.2) is 3.79 Å². The van der Waals surface area contributed by atoms with Crippen LogP contribution >= 0.6 is 22.6 Å². The van der Waals surface area contributed by atoms with Crippen LogP contribution in [0.4, 0.5) is 4.39 Å². The van der Waals surface area contributed by atoms with E-state index >= 15 is 0 Å². The maximum atomic E-state index is 12.6. The third-order valence-corrected chi connectivity index (χ3v) is 1.99. The summed E-state index contributed by atoms with van der Waals surface area (Å²) in [5, 5.41) is 0. The Labute approximate surface area is 77.8 Å². The molecule has 1 aromatic carbocycles. The Morgan fingerprint density at radius 3 is 2.64 bits per heavy atom. The van der Waals surface area contributed by atoms with E-state index in [-0.39, 0.29) is 9.61 Å². The summed E-state index contributed by atoms with van der Waals surface area (Å²) in [6.45, 7) is 1.78. The Hall–Kier alpha value is -0.450. The highest BCUT2D eigenvalue weighted by molar-refractivity contribution is 14.1. The van der Waals surface area contributed by atoms with E-state index in [1.807, 2.05) is 0 Å². The number of rotatable bonds is 1. The molecule has 1 nitrogen and oxygen atoms in total. The minimum absolute atomic E-state index is 0.125. The zero-order valence-corrected chi connectivity index (χ0v) is 8.05. The molecular weight excluding hydrogens is 258 g/mol. The molecular formula is C8H6FIO. The number of benzene rings is 1. The third kappa shape index (κ3) is 1.99. The zero-order valence-electron chi connectivity index (χ0n) is 5.90. The summed E-state index contributed by atoms with van der Waals surface area (Å²) >= 11 is 1.65. The number of carbonyl (C=O) groups is 1. The van der Waals surface area contributed by atoms with Crippen molar-refractivity contribution in [1.82, 2.24) is 0 Å². The summed E-state index contributed by atoms with van der Waals surface area (Å²) in [6, 6.07) is 4.20. The fourth-order valence-electron chi connectivity index (χ4n) is 0.806. The average molecular weight is 264 g/mol. The lowest BCUT2D eigenvalue weighted by Gasteiger charge is -1.98. The number of hydrogen-bond acceptors (Lipinski definition) is 1. The molecule has 0 fully saturated rings. The van der Waals surface area contributed by atoms with Crippen LogP contribution < -0.4 is 0 Å². The van der Waals surface area contributed by atoms with Crippen molar-refractivity contribution in [1.29, 1.82) is 0 Å². The lowest BCUT2D eigenvalue weighted by molar-refractivity contribution is 0.110. The normalized spacial score (nSPS) is 9.73. The molecule has 0 spiro atoms. The molecule has 0 N–H and O–H groups in total. The quantitative estimate of drug-likeness (QED) is 0.563. The maximum absolute atomic E-state index is 12.6. The van der Waals surface area contributed by atoms with E-state index in [1.165, 1.54) is 12.1 Å². The Morgan fingerprint density at radius 1 is 1.55 bits per heavy atom. The fourth-order valence-corrected chi connectivity index (χ4v) is 1.39. The van der Waals surface area contributed by atoms with Crippen LogP contribution in [0, 0.1) is 12.7 Å². The Bertz CT molecular complexity index is 296. The minimum atomic E-state index is -0.365. The predicted octanol–water partition coefficient (Wildman–Crippen LogP) is 2.71. The highest BCUT2D eigenvalue weighted by atomic mass is 127. The zero-order chi connectivity index (χ0) is 8.43. The molecule has 0 aliphatic rings. The number of hydrogen-bond donors (Lipinski definition) is 0. The van der Waals surface area contributed by atoms with Crippen molar-refractivity contribution in [2.45, 2.75) is 6.92 Å². The Balaban J connectivity index is 3.23. The summed E-state index contributed by atoms with van der Waals surface area (Å²) in [4.78, 5) is 10.8. The molecule has 58 valence electrons. The van der Waals surface area contributed by atoms with E-state index in [2.05, 4.69) is 0 Å². The van der Waals surface area contributed by atoms with Gasteiger partial charge in [0.05, 0.1) is 0 Å². The van der Waals surface area contributed by atoms with Gasteiger partial charge in [-0.2, -0.15) is 0 Å². The van der Waals surface area contributed by atoms with Gasteiger partial charge in [-0.05, 0) is 24.6 Å². The van der Waals surface area contributed by atoms with E-state index in [0.29, 0.717) is 5.56 Å². The van der Waals surface area contributed by atoms with Crippen LogP contribution in [0.25, 0.3) is 0 Å². The van der Waals surface area contributed by atoms with Gasteiger partial charge in [0.2, 0.25) is 3.79 Å². The van der Waals surface area contributed by atoms with Crippen molar-refractivity contribution >= 4 is 26.4 Å². The molecule has 0 bridgehead atoms. The average Bonchev–Trinajstić information content (AvgIpc) is 1.94. The SMILES string of the molecule is Cc1ccc(F)cc1C(=O)I. The van der Waals surface area contributed by atoms with Gasteiger partial charge in [-0.15, -0.1) is 0 Å². The van der Waals surface area contributed by atoms with Crippen molar-refractivity contribution in [2.75, 3.05) is 0 Å². The summed E-state index contributed by atoms with van der Waals surface area (Å²) in [6.07, 6.45) is 0. The summed E-state index contributed by atoms with van der Waals surface area (Å²) in [5.41, 5.74) is 1.26. The Morgan fingerprint density at radius 2 is 2.18 bits per heavy atom. The van der Waals surface area contributed by atoms with Gasteiger partial charge in [0.25, 0.3) is 0 Å². The highest BCUT2D eigenvalue weighted by Gasteiger charge is 2.05. The van der Waals surface area contributed by atoms with Crippen LogP contribution in [0.15, 0.2) is 18.2 Å². The van der Waals surface area contributed by atoms with Gasteiger partial charge < -0.3 is 0 Å². The lowest BCUT2D eigenvalue weighted by Crippen LogP contribution is -1.93. The van der Waals surface area contributed by atoms with Crippen molar-refractivity contribution in [3.8, 4) is 0 Å². The molecule has 0 aromatic heterocycles. The van der Waals surface area contributed by atoms with Gasteiger partial charge in [-0.1, -0.05) is 6.07 Å². The first kappa shape index (κ1) is 8.64. The number of halogens is 2. The molecule has 0 saturated heterocycles. The molecule has 0 aliphatic carbocycles. The van der Waals surface area contributed by atoms with Gasteiger partial charge in [0.1, 0.15) is 5.82 Å². The Kier molecular flexibility index (Phi) is 2.59. The third-order valence-electron chi connectivity index (χ3n) is 1.41. The summed E-state index contributed by atoms with van der Waals surface area (Å²) < 4.78 is 12.4. The molecule has 1 aromatic rings. The molecule has 3 heteroatoms. The van der Waals surface area contributed by atoms with Crippen molar-refractivity contribution in [3.63, 3.8) is 0 Å². The van der Waals surface area contributed by atoms with Crippen LogP contribution in [0.5, 0.6) is 0 Å². The fraction of sp³-hybridized carbons (Fsp3) is 0.125. The first-order valence-electron chi connectivity index (χ1n) is 3.07. The smallest absolute Gasteiger partial charge is 0.222 e. The molecule has 0 aliphatic heterocycles. The van der Waals surface area contributed by atoms with Gasteiger partial charge in [-0.3, -0.25) is 4.79 Å². The second-order valence-corrected chi connectivity index (χ2v) is 3.21. The number of aryl methyl sites for hydroxylation is 1. The van der Waals surface area contributed by atoms with Crippen molar-refractivity contribution < 1.29 is 9.18 Å². The molecule has 0 saturated carbocycles. The van der Waals surface area contributed by atoms with Crippen LogP contribution in [0.2, 0.25) is 0 Å². The first-order chi connectivity index (χ1) is 5.11. The molecule has 0 unspecified atom stereocenters. The number of carbonyl (C=O) groups excluding carboxylic acids is 1. The largest absolute Gasteiger partial charge is 0.282 e. The summed E-state index contributed by atoms with van der Waals surface area (Å²) in [7, 11) is 0. The highest BCUT2D eigenvalue weighted by Crippen LogP contribution is 2.13. The standard InChI is InChI=1S/C8H6FIO/c1-5-2-3-6(9)4-7(5)8(10)11/h2-4H,1H3. The van der Waals surface area contributed by atoms with E-state index in [9.17, 15) is 9.18 Å². The van der Waals surface area contributed by atoms with Crippen molar-refractivity contribution in [2.24, 2.45) is 0 Å². The van der Waals surface area contributed by atoms with Gasteiger partial charge in [-0.25, -0.2) is 4.39 Å². The van der Waals surface area contributed by atoms with Crippen LogP contribution in [-0.2, 0) is 0 Å². The molecule has 11 heavy (non-hydrogen) atoms. The van der Waals surface area contributed by atoms with Crippen LogP contribution in [0.1, 0.15) is 15.9 Å². The summed E-state index contributed by atoms with van der Waals surface area (Å²) in [5.74, 6) is -0.365. The monoisotopic (exact) mass is 264 g/mol. The molecule has 0 heterocycles. The molecule has 0 amide bonds. The molecule has 1 rings (SSSR count).